The predicted molar refractivity (Wildman–Crippen MR) is 82.9 cm³/mol. The Balaban J connectivity index is 0.00000133. The standard InChI is InChI=1S/C15H21ClN2.ClH/c1-10(11-3-2-4-13(16)7-11)18-8-12-5-6-15(17)14(12)9-18;/h2-4,7,10,12,14-15H,5-6,8-9,17H2,1H3;1H. The molecule has 19 heavy (non-hydrogen) atoms. The number of halogens is 2. The van der Waals surface area contributed by atoms with Gasteiger partial charge < -0.3 is 5.73 Å². The lowest BCUT2D eigenvalue weighted by molar-refractivity contribution is 0.239. The zero-order valence-corrected chi connectivity index (χ0v) is 12.8. The predicted octanol–water partition coefficient (Wildman–Crippen LogP) is 3.49. The molecule has 4 unspecified atom stereocenters. The van der Waals surface area contributed by atoms with Gasteiger partial charge in [-0.15, -0.1) is 12.4 Å². The number of nitrogens with two attached hydrogens (primary N) is 1. The molecule has 1 aromatic carbocycles. The zero-order chi connectivity index (χ0) is 12.7. The second-order valence-corrected chi connectivity index (χ2v) is 6.29. The van der Waals surface area contributed by atoms with Crippen molar-refractivity contribution >= 4 is 24.0 Å². The zero-order valence-electron chi connectivity index (χ0n) is 11.3. The summed E-state index contributed by atoms with van der Waals surface area (Å²) >= 11 is 6.08. The fraction of sp³-hybridized carbons (Fsp3) is 0.600. The van der Waals surface area contributed by atoms with Gasteiger partial charge in [0.05, 0.1) is 0 Å². The fourth-order valence-corrected chi connectivity index (χ4v) is 3.83. The van der Waals surface area contributed by atoms with Crippen molar-refractivity contribution in [3.05, 3.63) is 34.9 Å². The van der Waals surface area contributed by atoms with Crippen molar-refractivity contribution in [2.24, 2.45) is 17.6 Å². The largest absolute Gasteiger partial charge is 0.327 e. The molecule has 106 valence electrons. The van der Waals surface area contributed by atoms with Gasteiger partial charge in [0, 0.05) is 30.2 Å². The summed E-state index contributed by atoms with van der Waals surface area (Å²) < 4.78 is 0. The van der Waals surface area contributed by atoms with Crippen LogP contribution in [-0.2, 0) is 0 Å². The average molecular weight is 301 g/mol. The minimum Gasteiger partial charge on any atom is -0.327 e. The van der Waals surface area contributed by atoms with Crippen LogP contribution >= 0.6 is 24.0 Å². The average Bonchev–Trinajstić information content (AvgIpc) is 2.91. The van der Waals surface area contributed by atoms with Crippen molar-refractivity contribution in [1.29, 1.82) is 0 Å². The molecule has 0 amide bonds. The summed E-state index contributed by atoms with van der Waals surface area (Å²) in [5.74, 6) is 1.54. The smallest absolute Gasteiger partial charge is 0.0409 e. The van der Waals surface area contributed by atoms with Crippen LogP contribution in [0, 0.1) is 11.8 Å². The van der Waals surface area contributed by atoms with Crippen LogP contribution in [0.25, 0.3) is 0 Å². The number of hydrogen-bond donors (Lipinski definition) is 1. The minimum atomic E-state index is 0. The van der Waals surface area contributed by atoms with Gasteiger partial charge in [-0.05, 0) is 49.3 Å². The van der Waals surface area contributed by atoms with Crippen molar-refractivity contribution in [2.75, 3.05) is 13.1 Å². The van der Waals surface area contributed by atoms with Crippen molar-refractivity contribution in [3.63, 3.8) is 0 Å². The Hall–Kier alpha value is -0.280. The highest BCUT2D eigenvalue weighted by Gasteiger charge is 2.42. The van der Waals surface area contributed by atoms with Crippen LogP contribution in [0.15, 0.2) is 24.3 Å². The number of hydrogen-bond acceptors (Lipinski definition) is 2. The summed E-state index contributed by atoms with van der Waals surface area (Å²) in [6, 6.07) is 9.10. The molecule has 1 heterocycles. The first-order valence-electron chi connectivity index (χ1n) is 6.90. The molecule has 4 heteroatoms. The van der Waals surface area contributed by atoms with Crippen LogP contribution < -0.4 is 5.73 Å². The molecule has 2 fully saturated rings. The second kappa shape index (κ2) is 6.01. The molecule has 2 N–H and O–H groups in total. The molecular formula is C15H22Cl2N2. The van der Waals surface area contributed by atoms with E-state index in [1.165, 1.54) is 24.9 Å². The molecule has 3 rings (SSSR count). The maximum atomic E-state index is 6.20. The molecule has 1 saturated carbocycles. The molecule has 0 spiro atoms. The van der Waals surface area contributed by atoms with Gasteiger partial charge in [-0.2, -0.15) is 0 Å². The molecule has 2 nitrogen and oxygen atoms in total. The number of rotatable bonds is 2. The van der Waals surface area contributed by atoms with Gasteiger partial charge in [0.2, 0.25) is 0 Å². The van der Waals surface area contributed by atoms with E-state index in [0.29, 0.717) is 18.0 Å². The molecule has 1 aromatic rings. The number of nitrogens with zero attached hydrogens (tertiary/aromatic N) is 1. The van der Waals surface area contributed by atoms with Gasteiger partial charge in [-0.25, -0.2) is 0 Å². The third kappa shape index (κ3) is 2.92. The Morgan fingerprint density at radius 1 is 1.32 bits per heavy atom. The van der Waals surface area contributed by atoms with Crippen LogP contribution in [0.2, 0.25) is 5.02 Å². The van der Waals surface area contributed by atoms with E-state index in [0.717, 1.165) is 17.5 Å². The van der Waals surface area contributed by atoms with Crippen molar-refractivity contribution in [1.82, 2.24) is 4.90 Å². The van der Waals surface area contributed by atoms with Crippen molar-refractivity contribution in [3.8, 4) is 0 Å². The number of likely N-dealkylation sites (tertiary alicyclic amines) is 1. The molecular weight excluding hydrogens is 279 g/mol. The maximum absolute atomic E-state index is 6.20. The van der Waals surface area contributed by atoms with E-state index in [1.54, 1.807) is 0 Å². The summed E-state index contributed by atoms with van der Waals surface area (Å²) in [5, 5.41) is 0.829. The minimum absolute atomic E-state index is 0. The first-order chi connectivity index (χ1) is 8.65. The van der Waals surface area contributed by atoms with Crippen LogP contribution in [-0.4, -0.2) is 24.0 Å². The van der Waals surface area contributed by atoms with Crippen LogP contribution in [0.5, 0.6) is 0 Å². The Bertz CT molecular complexity index is 438. The highest BCUT2D eigenvalue weighted by molar-refractivity contribution is 6.30. The van der Waals surface area contributed by atoms with Gasteiger partial charge in [-0.1, -0.05) is 23.7 Å². The Morgan fingerprint density at radius 3 is 2.79 bits per heavy atom. The second-order valence-electron chi connectivity index (χ2n) is 5.85. The van der Waals surface area contributed by atoms with E-state index < -0.39 is 0 Å². The highest BCUT2D eigenvalue weighted by atomic mass is 35.5. The third-order valence-electron chi connectivity index (χ3n) is 4.82. The summed E-state index contributed by atoms with van der Waals surface area (Å²) in [6.07, 6.45) is 2.53. The molecule has 2 aliphatic rings. The van der Waals surface area contributed by atoms with Crippen LogP contribution in [0.4, 0.5) is 0 Å². The van der Waals surface area contributed by atoms with E-state index in [1.807, 2.05) is 12.1 Å². The lowest BCUT2D eigenvalue weighted by Crippen LogP contribution is -2.31. The van der Waals surface area contributed by atoms with E-state index in [2.05, 4.69) is 24.0 Å². The van der Waals surface area contributed by atoms with Crippen molar-refractivity contribution < 1.29 is 0 Å². The first-order valence-corrected chi connectivity index (χ1v) is 7.28. The van der Waals surface area contributed by atoms with Gasteiger partial charge in [0.1, 0.15) is 0 Å². The number of fused-ring (bicyclic) bond motifs is 1. The van der Waals surface area contributed by atoms with Gasteiger partial charge in [0.25, 0.3) is 0 Å². The topological polar surface area (TPSA) is 29.3 Å². The molecule has 1 aliphatic carbocycles. The maximum Gasteiger partial charge on any atom is 0.0409 e. The van der Waals surface area contributed by atoms with Crippen molar-refractivity contribution in [2.45, 2.75) is 31.8 Å². The first kappa shape index (κ1) is 15.1. The summed E-state index contributed by atoms with van der Waals surface area (Å²) in [7, 11) is 0. The van der Waals surface area contributed by atoms with Crippen LogP contribution in [0.3, 0.4) is 0 Å². The Morgan fingerprint density at radius 2 is 2.11 bits per heavy atom. The lowest BCUT2D eigenvalue weighted by Gasteiger charge is -2.26. The summed E-state index contributed by atoms with van der Waals surface area (Å²) in [6.45, 7) is 4.63. The van der Waals surface area contributed by atoms with Gasteiger partial charge in [-0.3, -0.25) is 4.90 Å². The SMILES string of the molecule is CC(c1cccc(Cl)c1)N1CC2CCC(N)C2C1.Cl. The van der Waals surface area contributed by atoms with Crippen LogP contribution in [0.1, 0.15) is 31.4 Å². The normalized spacial score (nSPS) is 31.8. The monoisotopic (exact) mass is 300 g/mol. The number of benzene rings is 1. The summed E-state index contributed by atoms with van der Waals surface area (Å²) in [4.78, 5) is 2.57. The van der Waals surface area contributed by atoms with E-state index in [9.17, 15) is 0 Å². The third-order valence-corrected chi connectivity index (χ3v) is 5.05. The van der Waals surface area contributed by atoms with E-state index in [4.69, 9.17) is 17.3 Å². The Kier molecular flexibility index (Phi) is 4.78. The molecule has 0 bridgehead atoms. The molecule has 4 atom stereocenters. The quantitative estimate of drug-likeness (QED) is 0.906. The van der Waals surface area contributed by atoms with E-state index >= 15 is 0 Å². The lowest BCUT2D eigenvalue weighted by atomic mass is 9.98. The van der Waals surface area contributed by atoms with Gasteiger partial charge in [0.15, 0.2) is 0 Å². The highest BCUT2D eigenvalue weighted by Crippen LogP contribution is 2.40. The van der Waals surface area contributed by atoms with E-state index in [-0.39, 0.29) is 12.4 Å². The molecule has 1 aliphatic heterocycles. The summed E-state index contributed by atoms with van der Waals surface area (Å²) in [5.41, 5.74) is 7.51. The fourth-order valence-electron chi connectivity index (χ4n) is 3.64. The molecule has 1 saturated heterocycles. The Labute approximate surface area is 126 Å². The molecule has 0 radical (unpaired) electrons. The van der Waals surface area contributed by atoms with Gasteiger partial charge >= 0.3 is 0 Å². The molecule has 0 aromatic heterocycles.